The molecule has 0 aromatic heterocycles. The van der Waals surface area contributed by atoms with Crippen molar-refractivity contribution in [2.45, 2.75) is 189 Å². The van der Waals surface area contributed by atoms with Crippen molar-refractivity contribution < 1.29 is 46.8 Å². The van der Waals surface area contributed by atoms with Crippen LogP contribution in [0.15, 0.2) is 0 Å². The molecular formula is C34H102O11Si12. The second-order valence-corrected chi connectivity index (χ2v) is 72.0. The summed E-state index contributed by atoms with van der Waals surface area (Å²) < 4.78 is 62.8. The molecule has 0 radical (unpaired) electrons. The van der Waals surface area contributed by atoms with E-state index in [0.717, 1.165) is 0 Å². The van der Waals surface area contributed by atoms with Crippen molar-refractivity contribution in [3.63, 3.8) is 0 Å². The van der Waals surface area contributed by atoms with Crippen LogP contribution in [0.1, 0.15) is 0 Å². The number of rotatable bonds is 11. The first kappa shape index (κ1) is 68.2. The van der Waals surface area contributed by atoms with Crippen molar-refractivity contribution in [2.75, 3.05) is 35.5 Å². The van der Waals surface area contributed by atoms with Crippen LogP contribution < -0.4 is 0 Å². The van der Waals surface area contributed by atoms with E-state index in [-0.39, 0.29) is 8.80 Å². The number of hydrogen-bond donors (Lipinski definition) is 0. The van der Waals surface area contributed by atoms with Gasteiger partial charge in [0.1, 0.15) is 0 Å². The maximum Gasteiger partial charge on any atom is 0.479 e. The Morgan fingerprint density at radius 1 is 0.421 bits per heavy atom. The smallest absolute Gasteiger partial charge is 0.456 e. The van der Waals surface area contributed by atoms with Crippen LogP contribution in [0.5, 0.6) is 0 Å². The molecule has 0 saturated carbocycles. The first-order chi connectivity index (χ1) is 24.5. The minimum atomic E-state index is -2.70. The molecule has 0 aromatic rings. The molecule has 0 unspecified atom stereocenters. The predicted octanol–water partition coefficient (Wildman–Crippen LogP) is 12.0. The number of hydrogen-bond acceptors (Lipinski definition) is 11. The Morgan fingerprint density at radius 3 is 0.754 bits per heavy atom. The normalized spacial score (nSPS) is 21.6. The van der Waals surface area contributed by atoms with Gasteiger partial charge in [-0.2, -0.15) is 0 Å². The summed E-state index contributed by atoms with van der Waals surface area (Å²) in [6, 6.07) is 0. The van der Waals surface area contributed by atoms with Gasteiger partial charge in [-0.1, -0.05) is 65.5 Å². The van der Waals surface area contributed by atoms with Crippen molar-refractivity contribution >= 4 is 102 Å². The van der Waals surface area contributed by atoms with Gasteiger partial charge in [-0.3, -0.25) is 0 Å². The summed E-state index contributed by atoms with van der Waals surface area (Å²) >= 11 is 0. The lowest BCUT2D eigenvalue weighted by atomic mass is 11.7. The van der Waals surface area contributed by atoms with Crippen LogP contribution >= 0.6 is 0 Å². The van der Waals surface area contributed by atoms with Gasteiger partial charge in [-0.15, -0.1) is 0 Å². The first-order valence-electron chi connectivity index (χ1n) is 20.5. The highest BCUT2D eigenvalue weighted by Gasteiger charge is 2.56. The lowest BCUT2D eigenvalue weighted by Gasteiger charge is -2.45. The summed E-state index contributed by atoms with van der Waals surface area (Å²) in [5.74, 6) is 0. The van der Waals surface area contributed by atoms with E-state index < -0.39 is 93.0 Å². The van der Waals surface area contributed by atoms with Crippen molar-refractivity contribution in [1.29, 1.82) is 0 Å². The lowest BCUT2D eigenvalue weighted by Crippen LogP contribution is -2.67. The molecule has 0 N–H and O–H groups in total. The molecule has 0 spiro atoms. The minimum Gasteiger partial charge on any atom is -0.456 e. The van der Waals surface area contributed by atoms with Gasteiger partial charge in [-0.25, -0.2) is 0 Å². The molecule has 1 heterocycles. The van der Waals surface area contributed by atoms with Crippen molar-refractivity contribution in [3.8, 4) is 0 Å². The Balaban J connectivity index is -0.000000203. The van der Waals surface area contributed by atoms with Gasteiger partial charge in [0.05, 0.1) is 0 Å². The Hall–Kier alpha value is 2.16. The standard InChI is InChI=1S/C8H24O6Si4.C7H20OSi2.C6H18O3Si2.C6H18OSi2.C4H12Si.C3H10Si/c1-9-17(7)11-15(3,4)13-18(8,10-2)14-16(5,6)12-17;1-8-10(5,6)7-9(2,3)4;1-7-10(3,4)9-11(5,6)8-2;1-8(2,3)7-9(4,5)6;1-5(2,3)4;1-4(2)3/h1-8H3;7H2,1-6H3;1-6H3;1-6H3;1-4H3;4H,1-3H3. The molecule has 23 heteroatoms. The fourth-order valence-corrected chi connectivity index (χ4v) is 46.3. The summed E-state index contributed by atoms with van der Waals surface area (Å²) in [6.07, 6.45) is 0. The molecule has 1 aliphatic heterocycles. The molecule has 1 aliphatic rings. The molecule has 1 saturated heterocycles. The maximum atomic E-state index is 6.07. The molecule has 0 aliphatic carbocycles. The van der Waals surface area contributed by atoms with E-state index in [1.54, 1.807) is 28.4 Å². The van der Waals surface area contributed by atoms with Crippen LogP contribution in [0, 0.1) is 0 Å². The third kappa shape index (κ3) is 52.4. The summed E-state index contributed by atoms with van der Waals surface area (Å²) in [5, 5.41) is 0. The van der Waals surface area contributed by atoms with Crippen molar-refractivity contribution in [3.05, 3.63) is 0 Å². The molecule has 0 amide bonds. The van der Waals surface area contributed by atoms with Gasteiger partial charge < -0.3 is 46.8 Å². The summed E-state index contributed by atoms with van der Waals surface area (Å²) in [5.41, 5.74) is 1.37. The van der Waals surface area contributed by atoms with Crippen LogP contribution in [-0.2, 0) is 46.8 Å². The second kappa shape index (κ2) is 27.5. The van der Waals surface area contributed by atoms with Gasteiger partial charge in [0.25, 0.3) is 0 Å². The van der Waals surface area contributed by atoms with E-state index >= 15 is 0 Å². The van der Waals surface area contributed by atoms with E-state index in [1.165, 1.54) is 5.67 Å². The average Bonchev–Trinajstić information content (AvgIpc) is 2.87. The van der Waals surface area contributed by atoms with Crippen LogP contribution in [0.25, 0.3) is 0 Å². The van der Waals surface area contributed by atoms with E-state index in [4.69, 9.17) is 46.8 Å². The van der Waals surface area contributed by atoms with E-state index in [9.17, 15) is 0 Å². The third-order valence-corrected chi connectivity index (χ3v) is 40.9. The molecule has 0 aromatic carbocycles. The Bertz CT molecular complexity index is 961. The highest BCUT2D eigenvalue weighted by molar-refractivity contribution is 6.92. The zero-order chi connectivity index (χ0) is 47.6. The monoisotopic (exact) mass is 1020 g/mol. The SMILES string of the molecule is CO[Si](C)(C)C[Si](C)(C)C.CO[Si](C)(C)O[Si](C)(C)OC.CO[Si]1(C)O[Si](C)(C)O[Si](C)(OC)O[Si](C)(C)O1.C[SiH](C)C.C[Si](C)(C)C.C[Si](C)(C)O[Si](C)(C)C. The van der Waals surface area contributed by atoms with Gasteiger partial charge in [0, 0.05) is 73.6 Å². The molecule has 0 atom stereocenters. The molecule has 1 rings (SSSR count). The molecule has 57 heavy (non-hydrogen) atoms. The van der Waals surface area contributed by atoms with Crippen molar-refractivity contribution in [2.24, 2.45) is 0 Å². The van der Waals surface area contributed by atoms with Crippen LogP contribution in [0.3, 0.4) is 0 Å². The van der Waals surface area contributed by atoms with E-state index in [1.807, 2.05) is 72.6 Å². The fraction of sp³-hybridized carbons (Fsp3) is 1.00. The van der Waals surface area contributed by atoms with Gasteiger partial charge in [0.2, 0.25) is 0 Å². The Morgan fingerprint density at radius 2 is 0.649 bits per heavy atom. The van der Waals surface area contributed by atoms with Gasteiger partial charge >= 0.3 is 51.9 Å². The molecular weight excluding hydrogens is 921 g/mol. The maximum absolute atomic E-state index is 6.07. The lowest BCUT2D eigenvalue weighted by molar-refractivity contribution is 0.116. The molecule has 0 bridgehead atoms. The molecule has 11 nitrogen and oxygen atoms in total. The van der Waals surface area contributed by atoms with Crippen LogP contribution in [0.4, 0.5) is 0 Å². The van der Waals surface area contributed by atoms with Gasteiger partial charge in [-0.05, 0) is 110 Å². The Kier molecular flexibility index (Phi) is 32.9. The first-order valence-corrected chi connectivity index (χ1v) is 57.3. The van der Waals surface area contributed by atoms with E-state index in [0.29, 0.717) is 0 Å². The third-order valence-electron chi connectivity index (χ3n) is 6.06. The van der Waals surface area contributed by atoms with Crippen LogP contribution in [-0.4, -0.2) is 137 Å². The topological polar surface area (TPSA) is 102 Å². The van der Waals surface area contributed by atoms with E-state index in [2.05, 4.69) is 118 Å². The van der Waals surface area contributed by atoms with Gasteiger partial charge in [0.15, 0.2) is 25.0 Å². The second-order valence-electron chi connectivity index (χ2n) is 22.4. The Labute approximate surface area is 370 Å². The summed E-state index contributed by atoms with van der Waals surface area (Å²) in [4.78, 5) is 0. The largest absolute Gasteiger partial charge is 0.479 e. The summed E-state index contributed by atoms with van der Waals surface area (Å²) in [6.45, 7) is 61.1. The highest BCUT2D eigenvalue weighted by Crippen LogP contribution is 2.31. The zero-order valence-corrected chi connectivity index (χ0v) is 56.4. The highest BCUT2D eigenvalue weighted by atomic mass is 28.5. The molecule has 1 fully saturated rings. The van der Waals surface area contributed by atoms with Crippen molar-refractivity contribution in [1.82, 2.24) is 0 Å². The quantitative estimate of drug-likeness (QED) is 0.185. The minimum absolute atomic E-state index is 0.139. The molecule has 352 valence electrons. The van der Waals surface area contributed by atoms with Crippen LogP contribution in [0.2, 0.25) is 189 Å². The zero-order valence-electron chi connectivity index (χ0n) is 44.3. The summed E-state index contributed by atoms with van der Waals surface area (Å²) in [7, 11) is -10.9. The average molecular weight is 1020 g/mol. The fourth-order valence-electron chi connectivity index (χ4n) is 4.98. The predicted molar refractivity (Wildman–Crippen MR) is 281 cm³/mol.